The van der Waals surface area contributed by atoms with Crippen molar-refractivity contribution in [2.24, 2.45) is 0 Å². The molecule has 76 valence electrons. The molecule has 0 spiro atoms. The molecule has 14 heavy (non-hydrogen) atoms. The molecule has 0 atom stereocenters. The van der Waals surface area contributed by atoms with Gasteiger partial charge < -0.3 is 14.9 Å². The highest BCUT2D eigenvalue weighted by Crippen LogP contribution is 2.34. The van der Waals surface area contributed by atoms with Crippen molar-refractivity contribution in [1.29, 1.82) is 0 Å². The Morgan fingerprint density at radius 2 is 2.00 bits per heavy atom. The molecule has 0 radical (unpaired) electrons. The van der Waals surface area contributed by atoms with E-state index in [1.807, 2.05) is 0 Å². The first kappa shape index (κ1) is 10.2. The van der Waals surface area contributed by atoms with Gasteiger partial charge in [0.1, 0.15) is 11.4 Å². The molecule has 6 heteroatoms. The highest BCUT2D eigenvalue weighted by atomic mass is 19.1. The molecule has 0 aromatic heterocycles. The van der Waals surface area contributed by atoms with Crippen LogP contribution in [0.2, 0.25) is 0 Å². The molecule has 0 bridgehead atoms. The standard InChI is InChI=1S/C8H6F2O4/c1-14-7-4(10)2-3(9)5(6(7)11)8(12)13/h2,11H,1H3,(H,12,13). The molecule has 0 saturated heterocycles. The lowest BCUT2D eigenvalue weighted by atomic mass is 10.1. The van der Waals surface area contributed by atoms with Crippen LogP contribution in [0.3, 0.4) is 0 Å². The fourth-order valence-corrected chi connectivity index (χ4v) is 0.986. The van der Waals surface area contributed by atoms with Crippen LogP contribution in [-0.2, 0) is 0 Å². The van der Waals surface area contributed by atoms with Crippen LogP contribution in [0.4, 0.5) is 8.78 Å². The van der Waals surface area contributed by atoms with E-state index < -0.39 is 34.7 Å². The van der Waals surface area contributed by atoms with E-state index in [0.29, 0.717) is 6.07 Å². The first-order valence-electron chi connectivity index (χ1n) is 3.47. The van der Waals surface area contributed by atoms with Gasteiger partial charge in [0.2, 0.25) is 0 Å². The maximum atomic E-state index is 12.8. The Labute approximate surface area is 77.4 Å². The topological polar surface area (TPSA) is 66.8 Å². The zero-order valence-electron chi connectivity index (χ0n) is 7.04. The number of aromatic hydroxyl groups is 1. The molecule has 0 amide bonds. The normalized spacial score (nSPS) is 9.93. The van der Waals surface area contributed by atoms with Crippen LogP contribution in [0.25, 0.3) is 0 Å². The molecular formula is C8H6F2O4. The summed E-state index contributed by atoms with van der Waals surface area (Å²) in [6, 6.07) is 0.335. The lowest BCUT2D eigenvalue weighted by Crippen LogP contribution is -2.04. The third-order valence-corrected chi connectivity index (χ3v) is 1.58. The Kier molecular flexibility index (Phi) is 2.55. The van der Waals surface area contributed by atoms with Crippen molar-refractivity contribution in [2.45, 2.75) is 0 Å². The maximum Gasteiger partial charge on any atom is 0.342 e. The summed E-state index contributed by atoms with van der Waals surface area (Å²) in [4.78, 5) is 10.4. The van der Waals surface area contributed by atoms with E-state index >= 15 is 0 Å². The SMILES string of the molecule is COc1c(F)cc(F)c(C(=O)O)c1O. The summed E-state index contributed by atoms with van der Waals surface area (Å²) in [5.74, 6) is -5.96. The van der Waals surface area contributed by atoms with Gasteiger partial charge in [-0.15, -0.1) is 0 Å². The molecule has 0 unspecified atom stereocenters. The Hall–Kier alpha value is -1.85. The number of hydrogen-bond acceptors (Lipinski definition) is 3. The quantitative estimate of drug-likeness (QED) is 0.763. The maximum absolute atomic E-state index is 12.8. The number of carboxylic acids is 1. The van der Waals surface area contributed by atoms with Crippen molar-refractivity contribution < 1.29 is 28.5 Å². The van der Waals surface area contributed by atoms with Crippen LogP contribution >= 0.6 is 0 Å². The zero-order chi connectivity index (χ0) is 10.9. The number of rotatable bonds is 2. The Balaban J connectivity index is 3.52. The second kappa shape index (κ2) is 3.49. The van der Waals surface area contributed by atoms with Gasteiger partial charge in [-0.3, -0.25) is 0 Å². The number of benzene rings is 1. The smallest absolute Gasteiger partial charge is 0.342 e. The number of halogens is 2. The molecule has 0 aliphatic carbocycles. The van der Waals surface area contributed by atoms with Crippen LogP contribution in [0.1, 0.15) is 10.4 Å². The Morgan fingerprint density at radius 3 is 2.43 bits per heavy atom. The van der Waals surface area contributed by atoms with Crippen molar-refractivity contribution in [3.8, 4) is 11.5 Å². The Bertz CT molecular complexity index is 389. The van der Waals surface area contributed by atoms with Gasteiger partial charge in [-0.05, 0) is 0 Å². The minimum absolute atomic E-state index is 0.335. The molecule has 0 aliphatic heterocycles. The fraction of sp³-hybridized carbons (Fsp3) is 0.125. The van der Waals surface area contributed by atoms with Gasteiger partial charge in [0.25, 0.3) is 0 Å². The predicted molar refractivity (Wildman–Crippen MR) is 41.5 cm³/mol. The van der Waals surface area contributed by atoms with Gasteiger partial charge >= 0.3 is 5.97 Å². The number of hydrogen-bond donors (Lipinski definition) is 2. The molecule has 1 rings (SSSR count). The summed E-state index contributed by atoms with van der Waals surface area (Å²) >= 11 is 0. The summed E-state index contributed by atoms with van der Waals surface area (Å²) < 4.78 is 30.0. The number of aromatic carboxylic acids is 1. The van der Waals surface area contributed by atoms with Crippen molar-refractivity contribution in [3.05, 3.63) is 23.3 Å². The van der Waals surface area contributed by atoms with Crippen LogP contribution in [0, 0.1) is 11.6 Å². The van der Waals surface area contributed by atoms with E-state index in [9.17, 15) is 13.6 Å². The second-order valence-corrected chi connectivity index (χ2v) is 2.40. The van der Waals surface area contributed by atoms with Gasteiger partial charge in [0, 0.05) is 6.07 Å². The first-order chi connectivity index (χ1) is 6.49. The van der Waals surface area contributed by atoms with Crippen molar-refractivity contribution in [1.82, 2.24) is 0 Å². The largest absolute Gasteiger partial charge is 0.504 e. The summed E-state index contributed by atoms with van der Waals surface area (Å²) in [6.07, 6.45) is 0. The minimum atomic E-state index is -1.70. The lowest BCUT2D eigenvalue weighted by molar-refractivity contribution is 0.0687. The molecule has 0 fully saturated rings. The molecular weight excluding hydrogens is 198 g/mol. The second-order valence-electron chi connectivity index (χ2n) is 2.40. The summed E-state index contributed by atoms with van der Waals surface area (Å²) in [7, 11) is 1.03. The van der Waals surface area contributed by atoms with E-state index in [-0.39, 0.29) is 0 Å². The van der Waals surface area contributed by atoms with Gasteiger partial charge in [0.15, 0.2) is 17.3 Å². The monoisotopic (exact) mass is 204 g/mol. The van der Waals surface area contributed by atoms with E-state index in [4.69, 9.17) is 10.2 Å². The third kappa shape index (κ3) is 1.46. The van der Waals surface area contributed by atoms with Gasteiger partial charge in [0.05, 0.1) is 7.11 Å². The summed E-state index contributed by atoms with van der Waals surface area (Å²) in [6.45, 7) is 0. The van der Waals surface area contributed by atoms with Crippen molar-refractivity contribution in [2.75, 3.05) is 7.11 Å². The van der Waals surface area contributed by atoms with E-state index in [1.165, 1.54) is 0 Å². The van der Waals surface area contributed by atoms with Gasteiger partial charge in [-0.25, -0.2) is 13.6 Å². The van der Waals surface area contributed by atoms with Crippen LogP contribution in [0.15, 0.2) is 6.07 Å². The van der Waals surface area contributed by atoms with Crippen LogP contribution < -0.4 is 4.74 Å². The Morgan fingerprint density at radius 1 is 1.43 bits per heavy atom. The van der Waals surface area contributed by atoms with Gasteiger partial charge in [-0.1, -0.05) is 0 Å². The zero-order valence-corrected chi connectivity index (χ0v) is 7.04. The number of phenols is 1. The van der Waals surface area contributed by atoms with Crippen LogP contribution in [0.5, 0.6) is 11.5 Å². The number of carboxylic acid groups (broad SMARTS) is 1. The van der Waals surface area contributed by atoms with Crippen LogP contribution in [-0.4, -0.2) is 23.3 Å². The van der Waals surface area contributed by atoms with E-state index in [2.05, 4.69) is 4.74 Å². The number of carbonyl (C=O) groups is 1. The van der Waals surface area contributed by atoms with E-state index in [0.717, 1.165) is 7.11 Å². The third-order valence-electron chi connectivity index (χ3n) is 1.58. The molecule has 4 nitrogen and oxygen atoms in total. The lowest BCUT2D eigenvalue weighted by Gasteiger charge is -2.07. The van der Waals surface area contributed by atoms with Crippen molar-refractivity contribution >= 4 is 5.97 Å². The minimum Gasteiger partial charge on any atom is -0.504 e. The number of ether oxygens (including phenoxy) is 1. The number of methoxy groups -OCH3 is 1. The highest BCUT2D eigenvalue weighted by molar-refractivity contribution is 5.92. The first-order valence-corrected chi connectivity index (χ1v) is 3.47. The van der Waals surface area contributed by atoms with E-state index in [1.54, 1.807) is 0 Å². The molecule has 1 aromatic rings. The highest BCUT2D eigenvalue weighted by Gasteiger charge is 2.23. The average molecular weight is 204 g/mol. The molecule has 0 heterocycles. The van der Waals surface area contributed by atoms with Crippen molar-refractivity contribution in [3.63, 3.8) is 0 Å². The van der Waals surface area contributed by atoms with Gasteiger partial charge in [-0.2, -0.15) is 0 Å². The summed E-state index contributed by atoms with van der Waals surface area (Å²) in [5.41, 5.74) is -1.01. The molecule has 0 saturated carbocycles. The molecule has 0 aliphatic rings. The summed E-state index contributed by atoms with van der Waals surface area (Å²) in [5, 5.41) is 17.6. The fourth-order valence-electron chi connectivity index (χ4n) is 0.986. The molecule has 2 N–H and O–H groups in total. The predicted octanol–water partition coefficient (Wildman–Crippen LogP) is 1.38. The average Bonchev–Trinajstić information content (AvgIpc) is 2.02. The molecule has 1 aromatic carbocycles.